The van der Waals surface area contributed by atoms with Gasteiger partial charge >= 0.3 is 0 Å². The molecular weight excluding hydrogens is 450 g/mol. The molecule has 0 unspecified atom stereocenters. The third-order valence-electron chi connectivity index (χ3n) is 5.25. The Hall–Kier alpha value is -3.36. The van der Waals surface area contributed by atoms with Crippen LogP contribution < -0.4 is 10.6 Å². The average molecular weight is 468 g/mol. The summed E-state index contributed by atoms with van der Waals surface area (Å²) in [6.45, 7) is 0.275. The van der Waals surface area contributed by atoms with Gasteiger partial charge < -0.3 is 19.6 Å². The molecule has 162 valence electrons. The summed E-state index contributed by atoms with van der Waals surface area (Å²) in [5.74, 6) is 0.442. The van der Waals surface area contributed by atoms with Gasteiger partial charge in [0.1, 0.15) is 10.8 Å². The first-order valence-electron chi connectivity index (χ1n) is 10.1. The van der Waals surface area contributed by atoms with Gasteiger partial charge in [-0.25, -0.2) is 0 Å². The second kappa shape index (κ2) is 8.64. The maximum Gasteiger partial charge on any atom is 0.278 e. The summed E-state index contributed by atoms with van der Waals surface area (Å²) in [6.07, 6.45) is 4.28. The van der Waals surface area contributed by atoms with E-state index in [1.54, 1.807) is 48.7 Å². The number of fused-ring (bicyclic) bond motifs is 1. The van der Waals surface area contributed by atoms with Crippen LogP contribution in [0.5, 0.6) is 0 Å². The lowest BCUT2D eigenvalue weighted by Crippen LogP contribution is -2.25. The molecule has 0 fully saturated rings. The fourth-order valence-corrected chi connectivity index (χ4v) is 5.11. The molecular formula is C23H18ClN3O4S. The standard InChI is InChI=1S/C23H18ClN3O4S/c24-14-8-6-13(7-9-14)18-11-17(27-31-18)21(28)26-23-20(16-4-1-5-19(16)32-23)22(29)25-12-15-3-2-10-30-15/h2-3,6-11H,1,4-5,12H2,(H,25,29)(H,26,28). The van der Waals surface area contributed by atoms with Crippen LogP contribution in [0.3, 0.4) is 0 Å². The van der Waals surface area contributed by atoms with Gasteiger partial charge in [0.05, 0.1) is 18.4 Å². The molecule has 7 nitrogen and oxygen atoms in total. The molecule has 1 aliphatic rings. The summed E-state index contributed by atoms with van der Waals surface area (Å²) >= 11 is 7.36. The van der Waals surface area contributed by atoms with E-state index in [0.29, 0.717) is 27.1 Å². The SMILES string of the molecule is O=C(Nc1sc2c(c1C(=O)NCc1ccco1)CCC2)c1cc(-c2ccc(Cl)cc2)on1. The summed E-state index contributed by atoms with van der Waals surface area (Å²) in [5, 5.41) is 10.8. The van der Waals surface area contributed by atoms with Gasteiger partial charge in [-0.15, -0.1) is 11.3 Å². The first-order valence-corrected chi connectivity index (χ1v) is 11.3. The van der Waals surface area contributed by atoms with E-state index in [-0.39, 0.29) is 18.1 Å². The third kappa shape index (κ3) is 4.06. The summed E-state index contributed by atoms with van der Waals surface area (Å²) < 4.78 is 10.6. The van der Waals surface area contributed by atoms with Crippen LogP contribution in [0.4, 0.5) is 5.00 Å². The highest BCUT2D eigenvalue weighted by Gasteiger charge is 2.28. The molecule has 0 saturated heterocycles. The highest BCUT2D eigenvalue weighted by Crippen LogP contribution is 2.39. The normalized spacial score (nSPS) is 12.5. The van der Waals surface area contributed by atoms with Gasteiger partial charge in [0, 0.05) is 21.5 Å². The number of carbonyl (C=O) groups is 2. The van der Waals surface area contributed by atoms with Crippen molar-refractivity contribution in [3.63, 3.8) is 0 Å². The molecule has 0 spiro atoms. The van der Waals surface area contributed by atoms with E-state index < -0.39 is 5.91 Å². The summed E-state index contributed by atoms with van der Waals surface area (Å²) in [4.78, 5) is 27.0. The first-order chi connectivity index (χ1) is 15.6. The number of furan rings is 1. The van der Waals surface area contributed by atoms with Gasteiger partial charge in [-0.1, -0.05) is 16.8 Å². The fourth-order valence-electron chi connectivity index (χ4n) is 3.70. The number of nitrogens with one attached hydrogen (secondary N) is 2. The lowest BCUT2D eigenvalue weighted by Gasteiger charge is -2.08. The van der Waals surface area contributed by atoms with Crippen LogP contribution in [0.1, 0.15) is 43.5 Å². The largest absolute Gasteiger partial charge is 0.467 e. The van der Waals surface area contributed by atoms with Crippen LogP contribution in [0, 0.1) is 0 Å². The van der Waals surface area contributed by atoms with E-state index in [9.17, 15) is 9.59 Å². The molecule has 1 aliphatic carbocycles. The maximum absolute atomic E-state index is 13.0. The van der Waals surface area contributed by atoms with E-state index in [0.717, 1.165) is 35.3 Å². The van der Waals surface area contributed by atoms with Crippen LogP contribution in [-0.4, -0.2) is 17.0 Å². The summed E-state index contributed by atoms with van der Waals surface area (Å²) in [5.41, 5.74) is 2.41. The zero-order valence-corrected chi connectivity index (χ0v) is 18.4. The molecule has 0 saturated carbocycles. The van der Waals surface area contributed by atoms with Crippen LogP contribution in [-0.2, 0) is 19.4 Å². The van der Waals surface area contributed by atoms with Gasteiger partial charge in [-0.3, -0.25) is 9.59 Å². The molecule has 3 heterocycles. The van der Waals surface area contributed by atoms with E-state index in [4.69, 9.17) is 20.5 Å². The second-order valence-electron chi connectivity index (χ2n) is 7.36. The highest BCUT2D eigenvalue weighted by atomic mass is 35.5. The van der Waals surface area contributed by atoms with E-state index in [2.05, 4.69) is 15.8 Å². The number of thiophene rings is 1. The minimum absolute atomic E-state index is 0.130. The van der Waals surface area contributed by atoms with Crippen molar-refractivity contribution in [1.82, 2.24) is 10.5 Å². The van der Waals surface area contributed by atoms with Gasteiger partial charge in [-0.05, 0) is 61.2 Å². The monoisotopic (exact) mass is 467 g/mol. The van der Waals surface area contributed by atoms with Crippen LogP contribution in [0.15, 0.2) is 57.7 Å². The Labute approximate surface area is 192 Å². The van der Waals surface area contributed by atoms with Crippen LogP contribution in [0.2, 0.25) is 5.02 Å². The summed E-state index contributed by atoms with van der Waals surface area (Å²) in [6, 6.07) is 12.2. The van der Waals surface area contributed by atoms with Crippen molar-refractivity contribution in [2.75, 3.05) is 5.32 Å². The molecule has 5 rings (SSSR count). The van der Waals surface area contributed by atoms with Gasteiger partial charge in [0.15, 0.2) is 11.5 Å². The lowest BCUT2D eigenvalue weighted by atomic mass is 10.1. The first kappa shape index (κ1) is 20.5. The Balaban J connectivity index is 1.35. The van der Waals surface area contributed by atoms with E-state index in [1.807, 2.05) is 0 Å². The van der Waals surface area contributed by atoms with Crippen molar-refractivity contribution in [2.24, 2.45) is 0 Å². The number of halogens is 1. The number of benzene rings is 1. The average Bonchev–Trinajstić information content (AvgIpc) is 3.57. The molecule has 9 heteroatoms. The van der Waals surface area contributed by atoms with Crippen molar-refractivity contribution in [3.8, 4) is 11.3 Å². The zero-order chi connectivity index (χ0) is 22.1. The molecule has 0 bridgehead atoms. The molecule has 0 radical (unpaired) electrons. The molecule has 3 aromatic heterocycles. The third-order valence-corrected chi connectivity index (χ3v) is 6.71. The number of amides is 2. The van der Waals surface area contributed by atoms with Gasteiger partial charge in [-0.2, -0.15) is 0 Å². The second-order valence-corrected chi connectivity index (χ2v) is 8.90. The maximum atomic E-state index is 13.0. The number of hydrogen-bond acceptors (Lipinski definition) is 6. The topological polar surface area (TPSA) is 97.4 Å². The van der Waals surface area contributed by atoms with E-state index in [1.165, 1.54) is 11.3 Å². The van der Waals surface area contributed by atoms with Crippen molar-refractivity contribution in [2.45, 2.75) is 25.8 Å². The number of carbonyl (C=O) groups excluding carboxylic acids is 2. The Morgan fingerprint density at radius 2 is 1.97 bits per heavy atom. The van der Waals surface area contributed by atoms with Crippen molar-refractivity contribution >= 4 is 39.8 Å². The highest BCUT2D eigenvalue weighted by molar-refractivity contribution is 7.17. The predicted octanol–water partition coefficient (Wildman–Crippen LogP) is 5.32. The number of nitrogens with zero attached hydrogens (tertiary/aromatic N) is 1. The smallest absolute Gasteiger partial charge is 0.278 e. The molecule has 2 amide bonds. The predicted molar refractivity (Wildman–Crippen MR) is 121 cm³/mol. The Morgan fingerprint density at radius 3 is 2.75 bits per heavy atom. The number of aromatic nitrogens is 1. The van der Waals surface area contributed by atoms with Crippen LogP contribution >= 0.6 is 22.9 Å². The van der Waals surface area contributed by atoms with Crippen molar-refractivity contribution < 1.29 is 18.5 Å². The number of hydrogen-bond donors (Lipinski definition) is 2. The molecule has 2 N–H and O–H groups in total. The minimum Gasteiger partial charge on any atom is -0.467 e. The quantitative estimate of drug-likeness (QED) is 0.400. The molecule has 4 aromatic rings. The van der Waals surface area contributed by atoms with Gasteiger partial charge in [0.2, 0.25) is 0 Å². The zero-order valence-electron chi connectivity index (χ0n) is 16.8. The fraction of sp³-hybridized carbons (Fsp3) is 0.174. The number of aryl methyl sites for hydroxylation is 1. The molecule has 1 aromatic carbocycles. The minimum atomic E-state index is -0.436. The number of rotatable bonds is 6. The van der Waals surface area contributed by atoms with Crippen molar-refractivity contribution in [3.05, 3.63) is 81.2 Å². The summed E-state index contributed by atoms with van der Waals surface area (Å²) in [7, 11) is 0. The molecule has 32 heavy (non-hydrogen) atoms. The Morgan fingerprint density at radius 1 is 1.12 bits per heavy atom. The van der Waals surface area contributed by atoms with Gasteiger partial charge in [0.25, 0.3) is 11.8 Å². The Bertz CT molecular complexity index is 1280. The number of anilines is 1. The van der Waals surface area contributed by atoms with Crippen LogP contribution in [0.25, 0.3) is 11.3 Å². The Kier molecular flexibility index (Phi) is 5.55. The van der Waals surface area contributed by atoms with E-state index >= 15 is 0 Å². The molecule has 0 aliphatic heterocycles. The van der Waals surface area contributed by atoms with Crippen molar-refractivity contribution in [1.29, 1.82) is 0 Å². The lowest BCUT2D eigenvalue weighted by molar-refractivity contribution is 0.0948. The molecule has 0 atom stereocenters.